The fourth-order valence-electron chi connectivity index (χ4n) is 1.99. The van der Waals surface area contributed by atoms with Crippen molar-refractivity contribution < 1.29 is 0 Å². The Bertz CT molecular complexity index is 641. The summed E-state index contributed by atoms with van der Waals surface area (Å²) in [6.07, 6.45) is 0. The normalized spacial score (nSPS) is 10.0. The van der Waals surface area contributed by atoms with Gasteiger partial charge in [-0.15, -0.1) is 0 Å². The number of aryl methyl sites for hydroxylation is 1. The van der Waals surface area contributed by atoms with Crippen LogP contribution < -0.4 is 5.32 Å². The average molecular weight is 252 g/mol. The van der Waals surface area contributed by atoms with Crippen LogP contribution >= 0.6 is 0 Å². The van der Waals surface area contributed by atoms with Gasteiger partial charge < -0.3 is 5.32 Å². The summed E-state index contributed by atoms with van der Waals surface area (Å²) in [6.45, 7) is 6.71. The summed E-state index contributed by atoms with van der Waals surface area (Å²) in [5, 5.41) is 12.2. The number of nitrogens with one attached hydrogen (secondary N) is 1. The standard InChI is InChI=1S/C15H16N4/c1-4-17-15-10(2)14(18-11(3)19-15)13-7-5-6-12(8-13)9-16/h5-8H,4H2,1-3H3,(H,17,18,19). The van der Waals surface area contributed by atoms with Crippen LogP contribution in [0.25, 0.3) is 11.3 Å². The molecule has 1 N–H and O–H groups in total. The highest BCUT2D eigenvalue weighted by molar-refractivity contribution is 5.69. The highest BCUT2D eigenvalue weighted by atomic mass is 15.0. The molecule has 0 bridgehead atoms. The number of benzene rings is 1. The van der Waals surface area contributed by atoms with Crippen LogP contribution in [0.5, 0.6) is 0 Å². The Morgan fingerprint density at radius 3 is 2.74 bits per heavy atom. The van der Waals surface area contributed by atoms with Crippen LogP contribution in [0.1, 0.15) is 23.9 Å². The van der Waals surface area contributed by atoms with Gasteiger partial charge in [0.05, 0.1) is 17.3 Å². The van der Waals surface area contributed by atoms with Crippen molar-refractivity contribution in [2.75, 3.05) is 11.9 Å². The number of rotatable bonds is 3. The monoisotopic (exact) mass is 252 g/mol. The first-order valence-corrected chi connectivity index (χ1v) is 6.25. The van der Waals surface area contributed by atoms with E-state index in [2.05, 4.69) is 21.4 Å². The number of anilines is 1. The zero-order chi connectivity index (χ0) is 13.8. The van der Waals surface area contributed by atoms with E-state index in [1.54, 1.807) is 6.07 Å². The number of nitriles is 1. The molecule has 1 aromatic heterocycles. The second kappa shape index (κ2) is 5.49. The maximum Gasteiger partial charge on any atom is 0.133 e. The number of hydrogen-bond donors (Lipinski definition) is 1. The van der Waals surface area contributed by atoms with Gasteiger partial charge in [0.15, 0.2) is 0 Å². The third-order valence-electron chi connectivity index (χ3n) is 2.87. The van der Waals surface area contributed by atoms with Gasteiger partial charge in [0.25, 0.3) is 0 Å². The van der Waals surface area contributed by atoms with Gasteiger partial charge >= 0.3 is 0 Å². The van der Waals surface area contributed by atoms with Gasteiger partial charge in [-0.25, -0.2) is 9.97 Å². The fraction of sp³-hybridized carbons (Fsp3) is 0.267. The summed E-state index contributed by atoms with van der Waals surface area (Å²) >= 11 is 0. The van der Waals surface area contributed by atoms with Crippen molar-refractivity contribution in [1.29, 1.82) is 5.26 Å². The van der Waals surface area contributed by atoms with Crippen LogP contribution in [-0.4, -0.2) is 16.5 Å². The summed E-state index contributed by atoms with van der Waals surface area (Å²) in [5.41, 5.74) is 3.46. The fourth-order valence-corrected chi connectivity index (χ4v) is 1.99. The van der Waals surface area contributed by atoms with Gasteiger partial charge in [0.1, 0.15) is 11.6 Å². The first-order valence-electron chi connectivity index (χ1n) is 6.25. The molecule has 96 valence electrons. The van der Waals surface area contributed by atoms with Crippen molar-refractivity contribution >= 4 is 5.82 Å². The Morgan fingerprint density at radius 2 is 2.05 bits per heavy atom. The summed E-state index contributed by atoms with van der Waals surface area (Å²) in [7, 11) is 0. The first-order chi connectivity index (χ1) is 9.15. The summed E-state index contributed by atoms with van der Waals surface area (Å²) in [6, 6.07) is 9.63. The van der Waals surface area contributed by atoms with E-state index < -0.39 is 0 Å². The molecule has 0 spiro atoms. The van der Waals surface area contributed by atoms with Gasteiger partial charge in [-0.05, 0) is 32.9 Å². The van der Waals surface area contributed by atoms with Crippen molar-refractivity contribution in [2.45, 2.75) is 20.8 Å². The molecule has 1 aromatic carbocycles. The Kier molecular flexibility index (Phi) is 3.76. The molecule has 4 heteroatoms. The molecule has 0 saturated heterocycles. The van der Waals surface area contributed by atoms with Crippen LogP contribution in [0.3, 0.4) is 0 Å². The largest absolute Gasteiger partial charge is 0.370 e. The van der Waals surface area contributed by atoms with E-state index >= 15 is 0 Å². The number of aromatic nitrogens is 2. The molecule has 4 nitrogen and oxygen atoms in total. The van der Waals surface area contributed by atoms with Crippen molar-refractivity contribution in [2.24, 2.45) is 0 Å². The molecule has 2 aromatic rings. The minimum atomic E-state index is 0.637. The molecule has 0 aliphatic heterocycles. The van der Waals surface area contributed by atoms with Gasteiger partial charge in [-0.2, -0.15) is 5.26 Å². The van der Waals surface area contributed by atoms with E-state index in [1.807, 2.05) is 39.0 Å². The Labute approximate surface area is 113 Å². The zero-order valence-corrected chi connectivity index (χ0v) is 11.4. The molecule has 0 radical (unpaired) electrons. The first kappa shape index (κ1) is 13.0. The quantitative estimate of drug-likeness (QED) is 0.912. The van der Waals surface area contributed by atoms with Crippen LogP contribution in [0, 0.1) is 25.2 Å². The topological polar surface area (TPSA) is 61.6 Å². The summed E-state index contributed by atoms with van der Waals surface area (Å²) in [4.78, 5) is 8.90. The maximum absolute atomic E-state index is 8.98. The highest BCUT2D eigenvalue weighted by Crippen LogP contribution is 2.26. The van der Waals surface area contributed by atoms with Gasteiger partial charge in [0.2, 0.25) is 0 Å². The Hall–Kier alpha value is -2.41. The van der Waals surface area contributed by atoms with E-state index in [0.29, 0.717) is 5.56 Å². The SMILES string of the molecule is CCNc1nc(C)nc(-c2cccc(C#N)c2)c1C. The molecule has 1 heterocycles. The molecule has 0 fully saturated rings. The Morgan fingerprint density at radius 1 is 1.26 bits per heavy atom. The molecule has 0 unspecified atom stereocenters. The number of hydrogen-bond acceptors (Lipinski definition) is 4. The molecule has 0 saturated carbocycles. The molecule has 19 heavy (non-hydrogen) atoms. The van der Waals surface area contributed by atoms with E-state index in [-0.39, 0.29) is 0 Å². The van der Waals surface area contributed by atoms with Gasteiger partial charge in [-0.1, -0.05) is 12.1 Å². The zero-order valence-electron chi connectivity index (χ0n) is 11.4. The van der Waals surface area contributed by atoms with Crippen molar-refractivity contribution in [3.8, 4) is 17.3 Å². The lowest BCUT2D eigenvalue weighted by molar-refractivity contribution is 1.02. The number of nitrogens with zero attached hydrogens (tertiary/aromatic N) is 3. The predicted octanol–water partition coefficient (Wildman–Crippen LogP) is 3.06. The second-order valence-electron chi connectivity index (χ2n) is 4.32. The lowest BCUT2D eigenvalue weighted by Crippen LogP contribution is -2.06. The summed E-state index contributed by atoms with van der Waals surface area (Å²) in [5.74, 6) is 1.58. The van der Waals surface area contributed by atoms with Crippen molar-refractivity contribution in [3.05, 3.63) is 41.2 Å². The molecular formula is C15H16N4. The molecule has 2 rings (SSSR count). The molecule has 0 atom stereocenters. The van der Waals surface area contributed by atoms with Crippen LogP contribution in [-0.2, 0) is 0 Å². The lowest BCUT2D eigenvalue weighted by Gasteiger charge is -2.12. The second-order valence-corrected chi connectivity index (χ2v) is 4.32. The average Bonchev–Trinajstić information content (AvgIpc) is 2.43. The molecule has 0 aliphatic rings. The third-order valence-corrected chi connectivity index (χ3v) is 2.87. The third kappa shape index (κ3) is 2.71. The van der Waals surface area contributed by atoms with Gasteiger partial charge in [0, 0.05) is 17.7 Å². The van der Waals surface area contributed by atoms with Crippen LogP contribution in [0.2, 0.25) is 0 Å². The molecular weight excluding hydrogens is 236 g/mol. The lowest BCUT2D eigenvalue weighted by atomic mass is 10.0. The van der Waals surface area contributed by atoms with E-state index in [4.69, 9.17) is 5.26 Å². The van der Waals surface area contributed by atoms with E-state index in [9.17, 15) is 0 Å². The highest BCUT2D eigenvalue weighted by Gasteiger charge is 2.10. The molecule has 0 amide bonds. The molecule has 0 aliphatic carbocycles. The van der Waals surface area contributed by atoms with Crippen molar-refractivity contribution in [3.63, 3.8) is 0 Å². The van der Waals surface area contributed by atoms with Crippen molar-refractivity contribution in [1.82, 2.24) is 9.97 Å². The van der Waals surface area contributed by atoms with E-state index in [0.717, 1.165) is 35.0 Å². The van der Waals surface area contributed by atoms with Crippen LogP contribution in [0.15, 0.2) is 24.3 Å². The minimum absolute atomic E-state index is 0.637. The smallest absolute Gasteiger partial charge is 0.133 e. The van der Waals surface area contributed by atoms with Gasteiger partial charge in [-0.3, -0.25) is 0 Å². The predicted molar refractivity (Wildman–Crippen MR) is 75.8 cm³/mol. The Balaban J connectivity index is 2.58. The summed E-state index contributed by atoms with van der Waals surface area (Å²) < 4.78 is 0. The maximum atomic E-state index is 8.98. The van der Waals surface area contributed by atoms with E-state index in [1.165, 1.54) is 0 Å². The van der Waals surface area contributed by atoms with Crippen LogP contribution in [0.4, 0.5) is 5.82 Å². The minimum Gasteiger partial charge on any atom is -0.370 e.